The van der Waals surface area contributed by atoms with Crippen LogP contribution in [0, 0.1) is 0 Å². The van der Waals surface area contributed by atoms with Crippen LogP contribution in [0.4, 0.5) is 0 Å². The van der Waals surface area contributed by atoms with E-state index in [0.717, 1.165) is 0 Å². The van der Waals surface area contributed by atoms with Crippen LogP contribution < -0.4 is 5.32 Å². The largest absolute Gasteiger partial charge is 0.375 e. The van der Waals surface area contributed by atoms with Crippen LogP contribution in [-0.4, -0.2) is 19.2 Å². The minimum absolute atomic E-state index is 0.277. The van der Waals surface area contributed by atoms with E-state index < -0.39 is 0 Å². The zero-order valence-electron chi connectivity index (χ0n) is 9.58. The minimum Gasteiger partial charge on any atom is -0.375 e. The number of hydrogen-bond acceptors (Lipinski definition) is 2. The lowest BCUT2D eigenvalue weighted by Gasteiger charge is -2.13. The fourth-order valence-electron chi connectivity index (χ4n) is 1.27. The summed E-state index contributed by atoms with van der Waals surface area (Å²) in [7, 11) is 0. The number of benzene rings is 1. The van der Waals surface area contributed by atoms with Gasteiger partial charge in [-0.2, -0.15) is 0 Å². The summed E-state index contributed by atoms with van der Waals surface area (Å²) >= 11 is 5.65. The molecule has 0 bridgehead atoms. The van der Waals surface area contributed by atoms with Gasteiger partial charge in [-0.15, -0.1) is 0 Å². The fraction of sp³-hybridized carbons (Fsp3) is 0.385. The van der Waals surface area contributed by atoms with Gasteiger partial charge >= 0.3 is 0 Å². The van der Waals surface area contributed by atoms with Crippen LogP contribution >= 0.6 is 11.6 Å². The standard InChI is InChI=1S/C13H18ClNO/c1-11(14)8-15-12(2)9-16-10-13-6-4-3-5-7-13/h3-7,12,15H,1,8-10H2,2H3. The molecular formula is C13H18ClNO. The SMILES string of the molecule is C=C(Cl)CNC(C)COCc1ccccc1. The van der Waals surface area contributed by atoms with Gasteiger partial charge in [0.2, 0.25) is 0 Å². The van der Waals surface area contributed by atoms with Crippen LogP contribution in [0.25, 0.3) is 0 Å². The molecule has 1 N–H and O–H groups in total. The highest BCUT2D eigenvalue weighted by Crippen LogP contribution is 2.01. The third-order valence-electron chi connectivity index (χ3n) is 2.12. The monoisotopic (exact) mass is 239 g/mol. The van der Waals surface area contributed by atoms with Gasteiger partial charge in [0.15, 0.2) is 0 Å². The molecule has 1 rings (SSSR count). The van der Waals surface area contributed by atoms with Gasteiger partial charge in [-0.25, -0.2) is 0 Å². The maximum Gasteiger partial charge on any atom is 0.0717 e. The molecular weight excluding hydrogens is 222 g/mol. The molecule has 1 atom stereocenters. The van der Waals surface area contributed by atoms with Crippen molar-refractivity contribution in [2.45, 2.75) is 19.6 Å². The van der Waals surface area contributed by atoms with Crippen molar-refractivity contribution in [3.63, 3.8) is 0 Å². The van der Waals surface area contributed by atoms with Crippen molar-refractivity contribution >= 4 is 11.6 Å². The van der Waals surface area contributed by atoms with Crippen LogP contribution in [0.3, 0.4) is 0 Å². The highest BCUT2D eigenvalue weighted by atomic mass is 35.5. The Morgan fingerprint density at radius 1 is 1.44 bits per heavy atom. The summed E-state index contributed by atoms with van der Waals surface area (Å²) in [5.41, 5.74) is 1.19. The topological polar surface area (TPSA) is 21.3 Å². The molecule has 0 radical (unpaired) electrons. The normalized spacial score (nSPS) is 12.4. The second-order valence-corrected chi connectivity index (χ2v) is 4.33. The Labute approximate surface area is 102 Å². The summed E-state index contributed by atoms with van der Waals surface area (Å²) in [6.45, 7) is 7.61. The molecule has 0 aliphatic rings. The molecule has 0 saturated carbocycles. The Balaban J connectivity index is 2.13. The van der Waals surface area contributed by atoms with E-state index in [1.807, 2.05) is 18.2 Å². The first-order chi connectivity index (χ1) is 7.68. The van der Waals surface area contributed by atoms with E-state index in [4.69, 9.17) is 16.3 Å². The van der Waals surface area contributed by atoms with Crippen LogP contribution in [0.15, 0.2) is 41.9 Å². The molecule has 16 heavy (non-hydrogen) atoms. The number of rotatable bonds is 7. The van der Waals surface area contributed by atoms with Gasteiger partial charge in [-0.3, -0.25) is 0 Å². The molecule has 1 aromatic rings. The average molecular weight is 240 g/mol. The van der Waals surface area contributed by atoms with Gasteiger partial charge in [0.1, 0.15) is 0 Å². The number of ether oxygens (including phenoxy) is 1. The van der Waals surface area contributed by atoms with Crippen LogP contribution in [-0.2, 0) is 11.3 Å². The Morgan fingerprint density at radius 3 is 2.75 bits per heavy atom. The Kier molecular flexibility index (Phi) is 6.16. The average Bonchev–Trinajstić information content (AvgIpc) is 2.28. The molecule has 1 unspecified atom stereocenters. The molecule has 88 valence electrons. The van der Waals surface area contributed by atoms with Crippen LogP contribution in [0.1, 0.15) is 12.5 Å². The lowest BCUT2D eigenvalue weighted by Crippen LogP contribution is -2.31. The minimum atomic E-state index is 0.277. The second-order valence-electron chi connectivity index (χ2n) is 3.80. The predicted molar refractivity (Wildman–Crippen MR) is 68.6 cm³/mol. The molecule has 0 aliphatic heterocycles. The van der Waals surface area contributed by atoms with Crippen molar-refractivity contribution in [1.82, 2.24) is 5.32 Å². The van der Waals surface area contributed by atoms with Crippen molar-refractivity contribution < 1.29 is 4.74 Å². The summed E-state index contributed by atoms with van der Waals surface area (Å²) in [5.74, 6) is 0. The van der Waals surface area contributed by atoms with E-state index in [-0.39, 0.29) is 6.04 Å². The third kappa shape index (κ3) is 5.91. The number of hydrogen-bond donors (Lipinski definition) is 1. The van der Waals surface area contributed by atoms with Crippen LogP contribution in [0.2, 0.25) is 0 Å². The van der Waals surface area contributed by atoms with Gasteiger partial charge in [0.05, 0.1) is 13.2 Å². The summed E-state index contributed by atoms with van der Waals surface area (Å²) in [6, 6.07) is 10.4. The van der Waals surface area contributed by atoms with Crippen molar-refractivity contribution in [3.05, 3.63) is 47.5 Å². The Morgan fingerprint density at radius 2 is 2.12 bits per heavy atom. The highest BCUT2D eigenvalue weighted by Gasteiger charge is 2.01. The summed E-state index contributed by atoms with van der Waals surface area (Å²) in [5, 5.41) is 3.83. The molecule has 0 spiro atoms. The summed E-state index contributed by atoms with van der Waals surface area (Å²) < 4.78 is 5.58. The number of nitrogens with one attached hydrogen (secondary N) is 1. The number of halogens is 1. The van der Waals surface area contributed by atoms with Crippen molar-refractivity contribution in [2.24, 2.45) is 0 Å². The first-order valence-corrected chi connectivity index (χ1v) is 5.74. The molecule has 0 heterocycles. The van der Waals surface area contributed by atoms with E-state index in [1.54, 1.807) is 0 Å². The predicted octanol–water partition coefficient (Wildman–Crippen LogP) is 2.93. The first kappa shape index (κ1) is 13.2. The van der Waals surface area contributed by atoms with Crippen molar-refractivity contribution in [1.29, 1.82) is 0 Å². The van der Waals surface area contributed by atoms with E-state index in [1.165, 1.54) is 5.56 Å². The Hall–Kier alpha value is -0.830. The lowest BCUT2D eigenvalue weighted by molar-refractivity contribution is 0.104. The zero-order valence-corrected chi connectivity index (χ0v) is 10.3. The molecule has 2 nitrogen and oxygen atoms in total. The van der Waals surface area contributed by atoms with Crippen LogP contribution in [0.5, 0.6) is 0 Å². The van der Waals surface area contributed by atoms with E-state index >= 15 is 0 Å². The molecule has 0 aliphatic carbocycles. The van der Waals surface area contributed by atoms with Crippen molar-refractivity contribution in [2.75, 3.05) is 13.2 Å². The third-order valence-corrected chi connectivity index (χ3v) is 2.26. The maximum atomic E-state index is 5.65. The Bertz CT molecular complexity index is 313. The molecule has 1 aromatic carbocycles. The van der Waals surface area contributed by atoms with E-state index in [0.29, 0.717) is 24.8 Å². The van der Waals surface area contributed by atoms with Gasteiger partial charge in [-0.05, 0) is 12.5 Å². The lowest BCUT2D eigenvalue weighted by atomic mass is 10.2. The summed E-state index contributed by atoms with van der Waals surface area (Å²) in [6.07, 6.45) is 0. The molecule has 3 heteroatoms. The molecule has 0 fully saturated rings. The smallest absolute Gasteiger partial charge is 0.0717 e. The molecule has 0 aromatic heterocycles. The maximum absolute atomic E-state index is 5.65. The fourth-order valence-corrected chi connectivity index (χ4v) is 1.35. The first-order valence-electron chi connectivity index (χ1n) is 5.37. The van der Waals surface area contributed by atoms with Crippen molar-refractivity contribution in [3.8, 4) is 0 Å². The van der Waals surface area contributed by atoms with Gasteiger partial charge < -0.3 is 10.1 Å². The van der Waals surface area contributed by atoms with E-state index in [2.05, 4.69) is 31.0 Å². The summed E-state index contributed by atoms with van der Waals surface area (Å²) in [4.78, 5) is 0. The van der Waals surface area contributed by atoms with Gasteiger partial charge in [0.25, 0.3) is 0 Å². The second kappa shape index (κ2) is 7.44. The molecule has 0 saturated heterocycles. The van der Waals surface area contributed by atoms with Gasteiger partial charge in [-0.1, -0.05) is 48.5 Å². The van der Waals surface area contributed by atoms with Gasteiger partial charge in [0, 0.05) is 17.6 Å². The highest BCUT2D eigenvalue weighted by molar-refractivity contribution is 6.29. The zero-order chi connectivity index (χ0) is 11.8. The quantitative estimate of drug-likeness (QED) is 0.790. The van der Waals surface area contributed by atoms with E-state index in [9.17, 15) is 0 Å². The molecule has 0 amide bonds.